The van der Waals surface area contributed by atoms with Gasteiger partial charge in [0.25, 0.3) is 5.56 Å². The van der Waals surface area contributed by atoms with Gasteiger partial charge in [-0.15, -0.1) is 11.3 Å². The number of ether oxygens (including phenoxy) is 2. The van der Waals surface area contributed by atoms with Crippen LogP contribution in [0.25, 0.3) is 21.7 Å². The number of thiophene rings is 1. The van der Waals surface area contributed by atoms with E-state index in [1.165, 1.54) is 5.56 Å². The van der Waals surface area contributed by atoms with E-state index in [0.717, 1.165) is 47.4 Å². The van der Waals surface area contributed by atoms with Crippen molar-refractivity contribution in [1.82, 2.24) is 9.78 Å². The van der Waals surface area contributed by atoms with Gasteiger partial charge in [-0.1, -0.05) is 30.3 Å². The van der Waals surface area contributed by atoms with E-state index in [1.54, 1.807) is 22.1 Å². The highest BCUT2D eigenvalue weighted by atomic mass is 32.1. The first kappa shape index (κ1) is 26.3. The maximum absolute atomic E-state index is 13.1. The SMILES string of the molecule is Cc1csc(-c2cc(=O)n(CC3CCC(COCC(=O)OC(C)(C)C)CC3)nc2-c2ccccc2)c1. The number of aryl methyl sites for hydroxylation is 1. The molecule has 0 radical (unpaired) electrons. The maximum Gasteiger partial charge on any atom is 0.332 e. The molecule has 192 valence electrons. The van der Waals surface area contributed by atoms with E-state index < -0.39 is 5.60 Å². The second-order valence-corrected chi connectivity index (χ2v) is 11.7. The van der Waals surface area contributed by atoms with E-state index in [-0.39, 0.29) is 18.1 Å². The number of carbonyl (C=O) groups excluding carboxylic acids is 1. The van der Waals surface area contributed by atoms with Crippen molar-refractivity contribution in [3.05, 3.63) is 63.8 Å². The van der Waals surface area contributed by atoms with E-state index in [4.69, 9.17) is 14.6 Å². The van der Waals surface area contributed by atoms with Crippen molar-refractivity contribution in [2.75, 3.05) is 13.2 Å². The first-order chi connectivity index (χ1) is 17.2. The molecule has 0 N–H and O–H groups in total. The molecule has 1 fully saturated rings. The van der Waals surface area contributed by atoms with Crippen LogP contribution >= 0.6 is 11.3 Å². The van der Waals surface area contributed by atoms with Crippen molar-refractivity contribution in [2.45, 2.75) is 65.5 Å². The molecule has 6 nitrogen and oxygen atoms in total. The minimum atomic E-state index is -0.494. The molecule has 3 aromatic rings. The number of carbonyl (C=O) groups is 1. The Labute approximate surface area is 217 Å². The summed E-state index contributed by atoms with van der Waals surface area (Å²) in [7, 11) is 0. The van der Waals surface area contributed by atoms with Gasteiger partial charge < -0.3 is 9.47 Å². The zero-order valence-corrected chi connectivity index (χ0v) is 22.5. The van der Waals surface area contributed by atoms with Crippen molar-refractivity contribution >= 4 is 17.3 Å². The molecular formula is C29H36N2O4S. The fourth-order valence-electron chi connectivity index (χ4n) is 4.70. The lowest BCUT2D eigenvalue weighted by atomic mass is 9.82. The number of hydrogen-bond donors (Lipinski definition) is 0. The molecule has 0 spiro atoms. The van der Waals surface area contributed by atoms with Gasteiger partial charge in [-0.3, -0.25) is 4.79 Å². The summed E-state index contributed by atoms with van der Waals surface area (Å²) in [4.78, 5) is 26.0. The van der Waals surface area contributed by atoms with Crippen molar-refractivity contribution < 1.29 is 14.3 Å². The summed E-state index contributed by atoms with van der Waals surface area (Å²) >= 11 is 1.64. The molecular weight excluding hydrogens is 472 g/mol. The zero-order chi connectivity index (χ0) is 25.7. The third-order valence-electron chi connectivity index (χ3n) is 6.43. The fraction of sp³-hybridized carbons (Fsp3) is 0.483. The molecule has 1 aliphatic carbocycles. The van der Waals surface area contributed by atoms with Crippen LogP contribution in [-0.4, -0.2) is 34.6 Å². The number of aromatic nitrogens is 2. The molecule has 2 aromatic heterocycles. The van der Waals surface area contributed by atoms with E-state index >= 15 is 0 Å². The molecule has 0 atom stereocenters. The van der Waals surface area contributed by atoms with Crippen molar-refractivity contribution in [3.63, 3.8) is 0 Å². The first-order valence-corrected chi connectivity index (χ1v) is 13.6. The lowest BCUT2D eigenvalue weighted by Gasteiger charge is -2.28. The van der Waals surface area contributed by atoms with Gasteiger partial charge in [0.15, 0.2) is 0 Å². The largest absolute Gasteiger partial charge is 0.458 e. The van der Waals surface area contributed by atoms with Crippen molar-refractivity contribution in [3.8, 4) is 21.7 Å². The Bertz CT molecular complexity index is 1220. The summed E-state index contributed by atoms with van der Waals surface area (Å²) in [6.45, 7) is 8.80. The van der Waals surface area contributed by atoms with Crippen LogP contribution < -0.4 is 5.56 Å². The second kappa shape index (κ2) is 11.5. The highest BCUT2D eigenvalue weighted by Gasteiger charge is 2.24. The molecule has 0 bridgehead atoms. The fourth-order valence-corrected chi connectivity index (χ4v) is 5.61. The molecule has 0 saturated heterocycles. The lowest BCUT2D eigenvalue weighted by molar-refractivity contribution is -0.160. The normalized spacial score (nSPS) is 18.2. The van der Waals surface area contributed by atoms with Gasteiger partial charge in [0.05, 0.1) is 12.3 Å². The smallest absolute Gasteiger partial charge is 0.332 e. The topological polar surface area (TPSA) is 70.4 Å². The van der Waals surface area contributed by atoms with Crippen LogP contribution in [-0.2, 0) is 20.8 Å². The summed E-state index contributed by atoms with van der Waals surface area (Å²) in [5, 5.41) is 6.98. The van der Waals surface area contributed by atoms with Crippen LogP contribution in [0.1, 0.15) is 52.0 Å². The van der Waals surface area contributed by atoms with Gasteiger partial charge >= 0.3 is 5.97 Å². The highest BCUT2D eigenvalue weighted by Crippen LogP contribution is 2.34. The lowest BCUT2D eigenvalue weighted by Crippen LogP contribution is -2.30. The van der Waals surface area contributed by atoms with Crippen LogP contribution in [0.15, 0.2) is 52.6 Å². The molecule has 1 aliphatic rings. The van der Waals surface area contributed by atoms with Crippen molar-refractivity contribution in [2.24, 2.45) is 11.8 Å². The van der Waals surface area contributed by atoms with Gasteiger partial charge in [-0.25, -0.2) is 9.48 Å². The quantitative estimate of drug-likeness (QED) is 0.343. The average molecular weight is 509 g/mol. The van der Waals surface area contributed by atoms with E-state index in [0.29, 0.717) is 25.0 Å². The second-order valence-electron chi connectivity index (χ2n) is 10.8. The zero-order valence-electron chi connectivity index (χ0n) is 21.7. The predicted octanol–water partition coefficient (Wildman–Crippen LogP) is 6.11. The van der Waals surface area contributed by atoms with Gasteiger partial charge in [0.2, 0.25) is 0 Å². The third-order valence-corrected chi connectivity index (χ3v) is 7.51. The Morgan fingerprint density at radius 2 is 1.78 bits per heavy atom. The Morgan fingerprint density at radius 1 is 1.08 bits per heavy atom. The predicted molar refractivity (Wildman–Crippen MR) is 144 cm³/mol. The Balaban J connectivity index is 1.39. The Hall–Kier alpha value is -2.77. The minimum Gasteiger partial charge on any atom is -0.458 e. The van der Waals surface area contributed by atoms with Gasteiger partial charge in [0, 0.05) is 28.6 Å². The maximum atomic E-state index is 13.1. The van der Waals surface area contributed by atoms with Crippen LogP contribution in [0.4, 0.5) is 0 Å². The monoisotopic (exact) mass is 508 g/mol. The summed E-state index contributed by atoms with van der Waals surface area (Å²) in [6.07, 6.45) is 4.07. The summed E-state index contributed by atoms with van der Waals surface area (Å²) in [6, 6.07) is 13.9. The highest BCUT2D eigenvalue weighted by molar-refractivity contribution is 7.13. The molecule has 0 amide bonds. The van der Waals surface area contributed by atoms with E-state index in [9.17, 15) is 9.59 Å². The van der Waals surface area contributed by atoms with Crippen LogP contribution in [0.3, 0.4) is 0 Å². The number of benzene rings is 1. The molecule has 36 heavy (non-hydrogen) atoms. The average Bonchev–Trinajstić information content (AvgIpc) is 3.27. The summed E-state index contributed by atoms with van der Waals surface area (Å²) in [5.41, 5.74) is 3.39. The van der Waals surface area contributed by atoms with Gasteiger partial charge in [-0.05, 0) is 82.2 Å². The number of rotatable bonds is 8. The Kier molecular flexibility index (Phi) is 8.42. The molecule has 0 unspecified atom stereocenters. The van der Waals surface area contributed by atoms with E-state index in [2.05, 4.69) is 18.4 Å². The summed E-state index contributed by atoms with van der Waals surface area (Å²) in [5.74, 6) is 0.505. The molecule has 1 saturated carbocycles. The van der Waals surface area contributed by atoms with Crippen molar-refractivity contribution in [1.29, 1.82) is 0 Å². The molecule has 4 rings (SSSR count). The Morgan fingerprint density at radius 3 is 2.42 bits per heavy atom. The van der Waals surface area contributed by atoms with Crippen LogP contribution in [0.5, 0.6) is 0 Å². The van der Waals surface area contributed by atoms with Crippen LogP contribution in [0.2, 0.25) is 0 Å². The molecule has 0 aliphatic heterocycles. The van der Waals surface area contributed by atoms with Gasteiger partial charge in [0.1, 0.15) is 12.2 Å². The minimum absolute atomic E-state index is 0.00507. The molecule has 2 heterocycles. The number of nitrogens with zero attached hydrogens (tertiary/aromatic N) is 2. The van der Waals surface area contributed by atoms with Gasteiger partial charge in [-0.2, -0.15) is 5.10 Å². The number of esters is 1. The molecule has 7 heteroatoms. The molecule has 1 aromatic carbocycles. The first-order valence-electron chi connectivity index (χ1n) is 12.7. The summed E-state index contributed by atoms with van der Waals surface area (Å²) < 4.78 is 12.6. The third kappa shape index (κ3) is 7.14. The number of hydrogen-bond acceptors (Lipinski definition) is 6. The van der Waals surface area contributed by atoms with E-state index in [1.807, 2.05) is 51.1 Å². The van der Waals surface area contributed by atoms with Crippen LogP contribution in [0, 0.1) is 18.8 Å². The standard InChI is InChI=1S/C29H36N2O4S/c1-20-14-25(36-19-20)24-15-26(32)31(30-28(24)23-8-6-5-7-9-23)16-21-10-12-22(13-11-21)17-34-18-27(33)35-29(2,3)4/h5-9,14-15,19,21-22H,10-13,16-18H2,1-4H3.